The number of pyridine rings is 1. The minimum absolute atomic E-state index is 0.0517. The van der Waals surface area contributed by atoms with Crippen LogP contribution in [-0.4, -0.2) is 18.4 Å². The van der Waals surface area contributed by atoms with Gasteiger partial charge in [0, 0.05) is 19.2 Å². The maximum atomic E-state index is 12.4. The average Bonchev–Trinajstić information content (AvgIpc) is 2.48. The molecular weight excluding hydrogens is 331 g/mol. The molecule has 0 radical (unpaired) electrons. The lowest BCUT2D eigenvalue weighted by atomic mass is 10.2. The van der Waals surface area contributed by atoms with Gasteiger partial charge in [-0.05, 0) is 18.2 Å². The van der Waals surface area contributed by atoms with Crippen LogP contribution in [-0.2, 0) is 6.54 Å². The lowest BCUT2D eigenvalue weighted by Crippen LogP contribution is -2.21. The summed E-state index contributed by atoms with van der Waals surface area (Å²) in [6, 6.07) is 10.8. The summed E-state index contributed by atoms with van der Waals surface area (Å²) in [4.78, 5) is 5.65. The maximum absolute atomic E-state index is 12.4. The van der Waals surface area contributed by atoms with E-state index in [1.165, 1.54) is 24.3 Å². The SMILES string of the molecule is CN(Cc1ccccc1OC(F)(F)F)c1ccc(Cl)c(C#N)n1. The van der Waals surface area contributed by atoms with Crippen LogP contribution >= 0.6 is 11.6 Å². The minimum Gasteiger partial charge on any atom is -0.405 e. The van der Waals surface area contributed by atoms with Crippen LogP contribution in [0.3, 0.4) is 0 Å². The molecule has 4 nitrogen and oxygen atoms in total. The van der Waals surface area contributed by atoms with Crippen molar-refractivity contribution in [1.29, 1.82) is 5.26 Å². The van der Waals surface area contributed by atoms with Crippen molar-refractivity contribution in [2.24, 2.45) is 0 Å². The van der Waals surface area contributed by atoms with Crippen molar-refractivity contribution in [2.45, 2.75) is 12.9 Å². The van der Waals surface area contributed by atoms with Gasteiger partial charge < -0.3 is 9.64 Å². The Bertz CT molecular complexity index is 743. The molecule has 0 spiro atoms. The summed E-state index contributed by atoms with van der Waals surface area (Å²) in [5.74, 6) is 0.133. The predicted octanol–water partition coefficient (Wildman–Crippen LogP) is 4.14. The van der Waals surface area contributed by atoms with Crippen molar-refractivity contribution in [2.75, 3.05) is 11.9 Å². The number of anilines is 1. The van der Waals surface area contributed by atoms with Gasteiger partial charge in [0.25, 0.3) is 0 Å². The van der Waals surface area contributed by atoms with Gasteiger partial charge in [0.2, 0.25) is 0 Å². The maximum Gasteiger partial charge on any atom is 0.573 e. The first kappa shape index (κ1) is 16.9. The first-order valence-corrected chi connectivity index (χ1v) is 6.79. The number of hydrogen-bond acceptors (Lipinski definition) is 4. The molecule has 2 rings (SSSR count). The molecule has 0 amide bonds. The molecule has 0 aliphatic heterocycles. The molecule has 23 heavy (non-hydrogen) atoms. The number of rotatable bonds is 4. The summed E-state index contributed by atoms with van der Waals surface area (Å²) >= 11 is 5.81. The van der Waals surface area contributed by atoms with Crippen LogP contribution in [0.4, 0.5) is 19.0 Å². The zero-order valence-corrected chi connectivity index (χ0v) is 12.7. The molecule has 2 aromatic rings. The van der Waals surface area contributed by atoms with E-state index in [-0.39, 0.29) is 23.0 Å². The third kappa shape index (κ3) is 4.50. The van der Waals surface area contributed by atoms with Crippen LogP contribution in [0.15, 0.2) is 36.4 Å². The Labute approximate surface area is 135 Å². The number of alkyl halides is 3. The molecular formula is C15H11ClF3N3O. The van der Waals surface area contributed by atoms with Gasteiger partial charge in [0.15, 0.2) is 5.69 Å². The summed E-state index contributed by atoms with van der Waals surface area (Å²) < 4.78 is 41.3. The van der Waals surface area contributed by atoms with E-state index in [1.807, 2.05) is 6.07 Å². The first-order chi connectivity index (χ1) is 10.8. The van der Waals surface area contributed by atoms with Gasteiger partial charge in [0.05, 0.1) is 5.02 Å². The van der Waals surface area contributed by atoms with Crippen LogP contribution in [0.5, 0.6) is 5.75 Å². The Morgan fingerprint density at radius 2 is 1.96 bits per heavy atom. The second-order valence-electron chi connectivity index (χ2n) is 4.62. The molecule has 0 saturated heterocycles. The van der Waals surface area contributed by atoms with Crippen LogP contribution in [0, 0.1) is 11.3 Å². The number of halogens is 4. The van der Waals surface area contributed by atoms with E-state index in [4.69, 9.17) is 16.9 Å². The molecule has 1 heterocycles. The summed E-state index contributed by atoms with van der Waals surface area (Å²) in [6.07, 6.45) is -4.76. The Hall–Kier alpha value is -2.46. The van der Waals surface area contributed by atoms with Crippen molar-refractivity contribution in [1.82, 2.24) is 4.98 Å². The molecule has 0 bridgehead atoms. The topological polar surface area (TPSA) is 49.1 Å². The predicted molar refractivity (Wildman–Crippen MR) is 79.2 cm³/mol. The lowest BCUT2D eigenvalue weighted by Gasteiger charge is -2.20. The molecule has 1 aromatic carbocycles. The fourth-order valence-electron chi connectivity index (χ4n) is 1.92. The number of para-hydroxylation sites is 1. The van der Waals surface area contributed by atoms with E-state index >= 15 is 0 Å². The van der Waals surface area contributed by atoms with Crippen molar-refractivity contribution in [3.8, 4) is 11.8 Å². The highest BCUT2D eigenvalue weighted by Crippen LogP contribution is 2.28. The quantitative estimate of drug-likeness (QED) is 0.838. The van der Waals surface area contributed by atoms with Gasteiger partial charge >= 0.3 is 6.36 Å². The van der Waals surface area contributed by atoms with Gasteiger partial charge in [-0.15, -0.1) is 13.2 Å². The van der Waals surface area contributed by atoms with Gasteiger partial charge in [-0.25, -0.2) is 4.98 Å². The molecule has 1 aromatic heterocycles. The average molecular weight is 342 g/mol. The first-order valence-electron chi connectivity index (χ1n) is 6.41. The standard InChI is InChI=1S/C15H11ClF3N3O/c1-22(14-7-6-11(16)12(8-20)21-14)9-10-4-2-3-5-13(10)23-15(17,18)19/h2-7H,9H2,1H3. The smallest absolute Gasteiger partial charge is 0.405 e. The number of nitriles is 1. The van der Waals surface area contributed by atoms with E-state index in [2.05, 4.69) is 9.72 Å². The highest BCUT2D eigenvalue weighted by atomic mass is 35.5. The van der Waals surface area contributed by atoms with Crippen molar-refractivity contribution in [3.63, 3.8) is 0 Å². The van der Waals surface area contributed by atoms with Gasteiger partial charge in [-0.2, -0.15) is 5.26 Å². The van der Waals surface area contributed by atoms with Crippen molar-refractivity contribution in [3.05, 3.63) is 52.7 Å². The molecule has 8 heteroatoms. The fourth-order valence-corrected chi connectivity index (χ4v) is 2.07. The fraction of sp³-hybridized carbons (Fsp3) is 0.200. The van der Waals surface area contributed by atoms with Crippen molar-refractivity contribution < 1.29 is 17.9 Å². The van der Waals surface area contributed by atoms with E-state index in [0.29, 0.717) is 11.4 Å². The highest BCUT2D eigenvalue weighted by molar-refractivity contribution is 6.31. The number of benzene rings is 1. The Morgan fingerprint density at radius 3 is 2.61 bits per heavy atom. The molecule has 0 aliphatic rings. The van der Waals surface area contributed by atoms with Gasteiger partial charge in [0.1, 0.15) is 17.6 Å². The lowest BCUT2D eigenvalue weighted by molar-refractivity contribution is -0.274. The third-order valence-corrected chi connectivity index (χ3v) is 3.24. The van der Waals surface area contributed by atoms with E-state index in [1.54, 1.807) is 24.1 Å². The molecule has 0 unspecified atom stereocenters. The summed E-state index contributed by atoms with van der Waals surface area (Å²) in [5, 5.41) is 9.14. The largest absolute Gasteiger partial charge is 0.573 e. The van der Waals surface area contributed by atoms with E-state index < -0.39 is 6.36 Å². The Kier molecular flexibility index (Phi) is 4.96. The number of nitrogens with zero attached hydrogens (tertiary/aromatic N) is 3. The Balaban J connectivity index is 2.24. The normalized spacial score (nSPS) is 11.0. The molecule has 0 aliphatic carbocycles. The van der Waals surface area contributed by atoms with Gasteiger partial charge in [-0.1, -0.05) is 29.8 Å². The number of aromatic nitrogens is 1. The molecule has 0 saturated carbocycles. The zero-order chi connectivity index (χ0) is 17.0. The van der Waals surface area contributed by atoms with Gasteiger partial charge in [-0.3, -0.25) is 0 Å². The molecule has 0 atom stereocenters. The summed E-state index contributed by atoms with van der Waals surface area (Å²) in [7, 11) is 1.64. The second-order valence-corrected chi connectivity index (χ2v) is 5.03. The number of hydrogen-bond donors (Lipinski definition) is 0. The van der Waals surface area contributed by atoms with Crippen molar-refractivity contribution >= 4 is 17.4 Å². The van der Waals surface area contributed by atoms with E-state index in [9.17, 15) is 13.2 Å². The monoisotopic (exact) mass is 341 g/mol. The minimum atomic E-state index is -4.76. The summed E-state index contributed by atoms with van der Waals surface area (Å²) in [5.41, 5.74) is 0.387. The van der Waals surface area contributed by atoms with Crippen LogP contribution in [0.25, 0.3) is 0 Å². The van der Waals surface area contributed by atoms with Crippen LogP contribution in [0.1, 0.15) is 11.3 Å². The molecule has 0 N–H and O–H groups in total. The zero-order valence-electron chi connectivity index (χ0n) is 11.9. The van der Waals surface area contributed by atoms with E-state index in [0.717, 1.165) is 0 Å². The molecule has 0 fully saturated rings. The third-order valence-electron chi connectivity index (χ3n) is 2.93. The summed E-state index contributed by atoms with van der Waals surface area (Å²) in [6.45, 7) is 0.117. The second kappa shape index (κ2) is 6.75. The number of ether oxygens (including phenoxy) is 1. The van der Waals surface area contributed by atoms with Crippen LogP contribution in [0.2, 0.25) is 5.02 Å². The molecule has 120 valence electrons. The van der Waals surface area contributed by atoms with Crippen LogP contribution < -0.4 is 9.64 Å². The Morgan fingerprint density at radius 1 is 1.26 bits per heavy atom. The highest BCUT2D eigenvalue weighted by Gasteiger charge is 2.32.